The Bertz CT molecular complexity index is 635. The third kappa shape index (κ3) is 3.30. The van der Waals surface area contributed by atoms with Crippen LogP contribution in [0.4, 0.5) is 5.69 Å². The first-order chi connectivity index (χ1) is 10.2. The molecule has 2 aromatic rings. The van der Waals surface area contributed by atoms with Crippen LogP contribution < -0.4 is 5.32 Å². The van der Waals surface area contributed by atoms with Crippen molar-refractivity contribution in [2.24, 2.45) is 10.9 Å². The van der Waals surface area contributed by atoms with Crippen molar-refractivity contribution in [3.63, 3.8) is 0 Å². The summed E-state index contributed by atoms with van der Waals surface area (Å²) in [5, 5.41) is 4.54. The number of thioether (sulfide) groups is 1. The van der Waals surface area contributed by atoms with E-state index < -0.39 is 0 Å². The number of rotatable bonds is 3. The van der Waals surface area contributed by atoms with Gasteiger partial charge in [-0.2, -0.15) is 0 Å². The van der Waals surface area contributed by atoms with Gasteiger partial charge >= 0.3 is 0 Å². The number of para-hydroxylation sites is 1. The molecule has 1 heterocycles. The Balaban J connectivity index is 1.86. The van der Waals surface area contributed by atoms with Gasteiger partial charge in [-0.05, 0) is 17.5 Å². The van der Waals surface area contributed by atoms with E-state index in [2.05, 4.69) is 67.7 Å². The maximum Gasteiger partial charge on any atom is 0.161 e. The number of nitrogens with zero attached hydrogens (tertiary/aromatic N) is 1. The highest BCUT2D eigenvalue weighted by atomic mass is 32.2. The monoisotopic (exact) mass is 296 g/mol. The van der Waals surface area contributed by atoms with Crippen LogP contribution in [0, 0.1) is 5.92 Å². The molecule has 0 saturated heterocycles. The van der Waals surface area contributed by atoms with Gasteiger partial charge in [0.2, 0.25) is 0 Å². The number of hydrogen-bond acceptors (Lipinski definition) is 3. The fraction of sp³-hybridized carbons (Fsp3) is 0.278. The molecule has 0 aliphatic carbocycles. The molecule has 3 rings (SSSR count). The molecule has 21 heavy (non-hydrogen) atoms. The Hall–Kier alpha value is -1.74. The van der Waals surface area contributed by atoms with Crippen LogP contribution in [0.3, 0.4) is 0 Å². The predicted molar refractivity (Wildman–Crippen MR) is 94.0 cm³/mol. The van der Waals surface area contributed by atoms with E-state index in [1.54, 1.807) is 0 Å². The molecule has 1 N–H and O–H groups in total. The van der Waals surface area contributed by atoms with Gasteiger partial charge < -0.3 is 5.32 Å². The fourth-order valence-electron chi connectivity index (χ4n) is 2.38. The zero-order chi connectivity index (χ0) is 14.7. The molecule has 0 bridgehead atoms. The second-order valence-electron chi connectivity index (χ2n) is 5.59. The van der Waals surface area contributed by atoms with Crippen molar-refractivity contribution in [2.45, 2.75) is 19.9 Å². The third-order valence-electron chi connectivity index (χ3n) is 3.70. The summed E-state index contributed by atoms with van der Waals surface area (Å²) in [5.74, 6) is 1.68. The van der Waals surface area contributed by atoms with Crippen LogP contribution in [0.25, 0.3) is 11.1 Å². The van der Waals surface area contributed by atoms with Crippen molar-refractivity contribution >= 4 is 22.6 Å². The van der Waals surface area contributed by atoms with Crippen LogP contribution in [0.15, 0.2) is 59.6 Å². The molecule has 0 aromatic heterocycles. The number of benzene rings is 2. The van der Waals surface area contributed by atoms with E-state index in [0.717, 1.165) is 16.6 Å². The number of nitrogens with one attached hydrogen (secondary N) is 1. The van der Waals surface area contributed by atoms with Crippen molar-refractivity contribution < 1.29 is 0 Å². The largest absolute Gasteiger partial charge is 0.334 e. The Morgan fingerprint density at radius 2 is 1.76 bits per heavy atom. The van der Waals surface area contributed by atoms with E-state index in [-0.39, 0.29) is 0 Å². The zero-order valence-electron chi connectivity index (χ0n) is 12.4. The number of amidine groups is 1. The van der Waals surface area contributed by atoms with Crippen molar-refractivity contribution in [1.29, 1.82) is 0 Å². The van der Waals surface area contributed by atoms with Gasteiger partial charge in [-0.1, -0.05) is 74.1 Å². The molecule has 0 fully saturated rings. The van der Waals surface area contributed by atoms with Gasteiger partial charge in [0, 0.05) is 17.0 Å². The molecule has 1 aliphatic rings. The first kappa shape index (κ1) is 14.2. The first-order valence-corrected chi connectivity index (χ1v) is 8.34. The Morgan fingerprint density at radius 3 is 2.48 bits per heavy atom. The molecule has 3 heteroatoms. The topological polar surface area (TPSA) is 24.4 Å². The van der Waals surface area contributed by atoms with Crippen molar-refractivity contribution in [1.82, 2.24) is 0 Å². The van der Waals surface area contributed by atoms with Gasteiger partial charge in [0.1, 0.15) is 0 Å². The quantitative estimate of drug-likeness (QED) is 0.871. The van der Waals surface area contributed by atoms with Crippen LogP contribution in [0.5, 0.6) is 0 Å². The second kappa shape index (κ2) is 6.35. The molecule has 0 saturated carbocycles. The van der Waals surface area contributed by atoms with Crippen molar-refractivity contribution in [3.8, 4) is 11.1 Å². The standard InChI is InChI=1S/C18H20N2S/c1-13(2)17-12-21-18(20-17)19-16-11-7-6-10-15(16)14-8-4-3-5-9-14/h3-11,13,17H,12H2,1-2H3,(H,19,20)/t17-/m1/s1. The van der Waals surface area contributed by atoms with E-state index in [1.807, 2.05) is 17.8 Å². The number of hydrogen-bond donors (Lipinski definition) is 1. The van der Waals surface area contributed by atoms with E-state index in [0.29, 0.717) is 12.0 Å². The minimum atomic E-state index is 0.432. The highest BCUT2D eigenvalue weighted by Crippen LogP contribution is 2.30. The van der Waals surface area contributed by atoms with Gasteiger partial charge in [0.15, 0.2) is 5.17 Å². The summed E-state index contributed by atoms with van der Waals surface area (Å²) in [4.78, 5) is 4.79. The Labute approximate surface area is 130 Å². The zero-order valence-corrected chi connectivity index (χ0v) is 13.2. The maximum atomic E-state index is 4.79. The molecule has 0 spiro atoms. The Kier molecular flexibility index (Phi) is 4.30. The van der Waals surface area contributed by atoms with E-state index in [1.165, 1.54) is 11.1 Å². The van der Waals surface area contributed by atoms with Crippen LogP contribution in [-0.2, 0) is 0 Å². The van der Waals surface area contributed by atoms with Gasteiger partial charge in [-0.3, -0.25) is 4.99 Å². The summed E-state index contributed by atoms with van der Waals surface area (Å²) in [6.45, 7) is 4.46. The summed E-state index contributed by atoms with van der Waals surface area (Å²) in [5.41, 5.74) is 3.57. The lowest BCUT2D eigenvalue weighted by Crippen LogP contribution is -2.12. The fourth-order valence-corrected chi connectivity index (χ4v) is 3.56. The maximum absolute atomic E-state index is 4.79. The van der Waals surface area contributed by atoms with Crippen molar-refractivity contribution in [2.75, 3.05) is 11.1 Å². The molecule has 2 aromatic carbocycles. The van der Waals surface area contributed by atoms with Gasteiger partial charge in [0.05, 0.1) is 6.04 Å². The van der Waals surface area contributed by atoms with E-state index >= 15 is 0 Å². The molecule has 0 radical (unpaired) electrons. The lowest BCUT2D eigenvalue weighted by molar-refractivity contribution is 0.543. The van der Waals surface area contributed by atoms with Crippen LogP contribution in [0.1, 0.15) is 13.8 Å². The SMILES string of the molecule is CC(C)[C@H]1CSC(Nc2ccccc2-c2ccccc2)=N1. The molecule has 1 aliphatic heterocycles. The average Bonchev–Trinajstić information content (AvgIpc) is 2.98. The molecule has 0 amide bonds. The molecular weight excluding hydrogens is 276 g/mol. The molecule has 108 valence electrons. The minimum Gasteiger partial charge on any atom is -0.334 e. The highest BCUT2D eigenvalue weighted by Gasteiger charge is 2.21. The highest BCUT2D eigenvalue weighted by molar-refractivity contribution is 8.14. The van der Waals surface area contributed by atoms with Crippen LogP contribution in [0.2, 0.25) is 0 Å². The molecule has 1 atom stereocenters. The smallest absolute Gasteiger partial charge is 0.161 e. The summed E-state index contributed by atoms with van der Waals surface area (Å²) >= 11 is 1.82. The van der Waals surface area contributed by atoms with Crippen LogP contribution >= 0.6 is 11.8 Å². The minimum absolute atomic E-state index is 0.432. The van der Waals surface area contributed by atoms with E-state index in [4.69, 9.17) is 4.99 Å². The third-order valence-corrected chi connectivity index (χ3v) is 4.69. The summed E-state index contributed by atoms with van der Waals surface area (Å²) in [6, 6.07) is 19.3. The predicted octanol–water partition coefficient (Wildman–Crippen LogP) is 4.89. The summed E-state index contributed by atoms with van der Waals surface area (Å²) < 4.78 is 0. The lowest BCUT2D eigenvalue weighted by atomic mass is 10.0. The lowest BCUT2D eigenvalue weighted by Gasteiger charge is -2.11. The van der Waals surface area contributed by atoms with Gasteiger partial charge in [0.25, 0.3) is 0 Å². The van der Waals surface area contributed by atoms with Gasteiger partial charge in [-0.25, -0.2) is 0 Å². The molecular formula is C18H20N2S. The van der Waals surface area contributed by atoms with Crippen molar-refractivity contribution in [3.05, 3.63) is 54.6 Å². The normalized spacial score (nSPS) is 17.9. The molecule has 0 unspecified atom stereocenters. The average molecular weight is 296 g/mol. The number of anilines is 1. The van der Waals surface area contributed by atoms with Crippen LogP contribution in [-0.4, -0.2) is 17.0 Å². The molecule has 2 nitrogen and oxygen atoms in total. The number of aliphatic imine (C=N–C) groups is 1. The summed E-state index contributed by atoms with van der Waals surface area (Å²) in [7, 11) is 0. The summed E-state index contributed by atoms with van der Waals surface area (Å²) in [6.07, 6.45) is 0. The van der Waals surface area contributed by atoms with E-state index in [9.17, 15) is 0 Å². The second-order valence-corrected chi connectivity index (χ2v) is 6.60. The first-order valence-electron chi connectivity index (χ1n) is 7.36. The van der Waals surface area contributed by atoms with Gasteiger partial charge in [-0.15, -0.1) is 0 Å². The Morgan fingerprint density at radius 1 is 1.05 bits per heavy atom.